The smallest absolute Gasteiger partial charge is 0.275 e. The molecule has 0 bridgehead atoms. The Kier molecular flexibility index (Phi) is 3.79. The normalized spacial score (nSPS) is 16.1. The third-order valence-corrected chi connectivity index (χ3v) is 5.54. The number of carbonyl (C=O) groups is 1. The first-order chi connectivity index (χ1) is 13.6. The number of carbonyl (C=O) groups excluding carboxylic acids is 1. The molecule has 2 aromatic heterocycles. The summed E-state index contributed by atoms with van der Waals surface area (Å²) in [5.74, 6) is -0.474. The Morgan fingerprint density at radius 2 is 1.93 bits per heavy atom. The third kappa shape index (κ3) is 2.45. The van der Waals surface area contributed by atoms with E-state index >= 15 is 0 Å². The number of aryl methyl sites for hydroxylation is 1. The Balaban J connectivity index is 1.52. The second-order valence-electron chi connectivity index (χ2n) is 7.14. The first-order valence-corrected chi connectivity index (χ1v) is 9.30. The molecule has 0 spiro atoms. The maximum Gasteiger partial charge on any atom is 0.275 e. The average molecular weight is 374 g/mol. The number of amides is 1. The first-order valence-electron chi connectivity index (χ1n) is 9.30. The molecule has 0 unspecified atom stereocenters. The van der Waals surface area contributed by atoms with Crippen molar-refractivity contribution >= 4 is 16.8 Å². The van der Waals surface area contributed by atoms with Crippen molar-refractivity contribution in [2.45, 2.75) is 19.4 Å². The molecule has 1 aliphatic heterocycles. The van der Waals surface area contributed by atoms with Gasteiger partial charge in [-0.15, -0.1) is 0 Å². The van der Waals surface area contributed by atoms with E-state index in [9.17, 15) is 9.18 Å². The molecule has 0 aliphatic carbocycles. The van der Waals surface area contributed by atoms with Crippen LogP contribution in [0.1, 0.15) is 38.9 Å². The SMILES string of the molecule is Cc1[nH]nc2c1[C@@H](c1ccccc1F)N(CCc1c[nH]c3ccccc13)C2=O. The molecule has 2 N–H and O–H groups in total. The number of benzene rings is 2. The second kappa shape index (κ2) is 6.34. The van der Waals surface area contributed by atoms with Crippen LogP contribution in [0.3, 0.4) is 0 Å². The van der Waals surface area contributed by atoms with Crippen LogP contribution in [0.4, 0.5) is 4.39 Å². The van der Waals surface area contributed by atoms with Crippen LogP contribution >= 0.6 is 0 Å². The topological polar surface area (TPSA) is 64.8 Å². The van der Waals surface area contributed by atoms with Crippen LogP contribution in [0.25, 0.3) is 10.9 Å². The van der Waals surface area contributed by atoms with Crippen LogP contribution < -0.4 is 0 Å². The minimum Gasteiger partial charge on any atom is -0.361 e. The van der Waals surface area contributed by atoms with Gasteiger partial charge in [0.2, 0.25) is 0 Å². The number of hydrogen-bond donors (Lipinski definition) is 2. The predicted molar refractivity (Wildman–Crippen MR) is 105 cm³/mol. The highest BCUT2D eigenvalue weighted by Crippen LogP contribution is 2.40. The van der Waals surface area contributed by atoms with Crippen LogP contribution in [-0.2, 0) is 6.42 Å². The lowest BCUT2D eigenvalue weighted by Gasteiger charge is -2.26. The van der Waals surface area contributed by atoms with Gasteiger partial charge in [-0.1, -0.05) is 36.4 Å². The van der Waals surface area contributed by atoms with E-state index in [-0.39, 0.29) is 11.7 Å². The van der Waals surface area contributed by atoms with Crippen LogP contribution in [-0.4, -0.2) is 32.5 Å². The van der Waals surface area contributed by atoms with Crippen molar-refractivity contribution in [3.63, 3.8) is 0 Å². The summed E-state index contributed by atoms with van der Waals surface area (Å²) >= 11 is 0. The van der Waals surface area contributed by atoms with Gasteiger partial charge < -0.3 is 9.88 Å². The zero-order valence-corrected chi connectivity index (χ0v) is 15.4. The lowest BCUT2D eigenvalue weighted by molar-refractivity contribution is 0.0744. The molecule has 5 rings (SSSR count). The highest BCUT2D eigenvalue weighted by atomic mass is 19.1. The molecule has 0 saturated heterocycles. The zero-order chi connectivity index (χ0) is 19.3. The molecule has 4 aromatic rings. The predicted octanol–water partition coefficient (Wildman–Crippen LogP) is 4.13. The van der Waals surface area contributed by atoms with E-state index in [2.05, 4.69) is 21.2 Å². The quantitative estimate of drug-likeness (QED) is 0.564. The van der Waals surface area contributed by atoms with Crippen molar-refractivity contribution in [2.75, 3.05) is 6.54 Å². The standard InChI is InChI=1S/C22H19FN4O/c1-13-19-20(26-25-13)22(28)27(21(19)16-7-2-4-8-17(16)23)11-10-14-12-24-18-9-5-3-6-15(14)18/h2-9,12,21,24H,10-11H2,1H3,(H,25,26)/t21-/m1/s1. The molecule has 3 heterocycles. The van der Waals surface area contributed by atoms with Gasteiger partial charge in [0, 0.05) is 40.5 Å². The monoisotopic (exact) mass is 374 g/mol. The van der Waals surface area contributed by atoms with Gasteiger partial charge in [0.25, 0.3) is 5.91 Å². The molecule has 1 atom stereocenters. The molecule has 6 heteroatoms. The summed E-state index contributed by atoms with van der Waals surface area (Å²) < 4.78 is 14.6. The highest BCUT2D eigenvalue weighted by molar-refractivity contribution is 5.98. The summed E-state index contributed by atoms with van der Waals surface area (Å²) in [7, 11) is 0. The van der Waals surface area contributed by atoms with Crippen molar-refractivity contribution in [1.29, 1.82) is 0 Å². The fourth-order valence-electron chi connectivity index (χ4n) is 4.17. The van der Waals surface area contributed by atoms with Crippen LogP contribution in [0, 0.1) is 12.7 Å². The molecular formula is C22H19FN4O. The molecule has 28 heavy (non-hydrogen) atoms. The number of rotatable bonds is 4. The molecule has 2 aromatic carbocycles. The van der Waals surface area contributed by atoms with Gasteiger partial charge in [-0.3, -0.25) is 9.89 Å². The maximum absolute atomic E-state index is 14.6. The summed E-state index contributed by atoms with van der Waals surface area (Å²) in [6.45, 7) is 2.35. The molecule has 0 fully saturated rings. The zero-order valence-electron chi connectivity index (χ0n) is 15.4. The number of halogens is 1. The van der Waals surface area contributed by atoms with Crippen molar-refractivity contribution in [3.05, 3.63) is 88.6 Å². The number of nitrogens with one attached hydrogen (secondary N) is 2. The van der Waals surface area contributed by atoms with Gasteiger partial charge in [-0.2, -0.15) is 5.10 Å². The summed E-state index contributed by atoms with van der Waals surface area (Å²) in [4.78, 5) is 18.0. The number of aromatic amines is 2. The molecule has 1 amide bonds. The van der Waals surface area contributed by atoms with Crippen molar-refractivity contribution in [1.82, 2.24) is 20.1 Å². The highest BCUT2D eigenvalue weighted by Gasteiger charge is 2.42. The number of nitrogens with zero attached hydrogens (tertiary/aromatic N) is 2. The van der Waals surface area contributed by atoms with Crippen LogP contribution in [0.15, 0.2) is 54.7 Å². The van der Waals surface area contributed by atoms with Crippen LogP contribution in [0.2, 0.25) is 0 Å². The van der Waals surface area contributed by atoms with E-state index in [0.717, 1.165) is 27.7 Å². The van der Waals surface area contributed by atoms with E-state index in [1.54, 1.807) is 23.1 Å². The van der Waals surface area contributed by atoms with E-state index in [1.807, 2.05) is 31.3 Å². The fraction of sp³-hybridized carbons (Fsp3) is 0.182. The minimum atomic E-state index is -0.465. The first kappa shape index (κ1) is 16.7. The third-order valence-electron chi connectivity index (χ3n) is 5.54. The fourth-order valence-corrected chi connectivity index (χ4v) is 4.17. The Morgan fingerprint density at radius 1 is 1.14 bits per heavy atom. The second-order valence-corrected chi connectivity index (χ2v) is 7.14. The van der Waals surface area contributed by atoms with Crippen molar-refractivity contribution in [2.24, 2.45) is 0 Å². The Hall–Kier alpha value is -3.41. The number of aromatic nitrogens is 3. The lowest BCUT2D eigenvalue weighted by atomic mass is 9.98. The molecule has 1 aliphatic rings. The number of H-pyrrole nitrogens is 2. The molecule has 0 saturated carbocycles. The maximum atomic E-state index is 14.6. The molecular weight excluding hydrogens is 355 g/mol. The lowest BCUT2D eigenvalue weighted by Crippen LogP contribution is -2.32. The van der Waals surface area contributed by atoms with E-state index < -0.39 is 6.04 Å². The molecule has 140 valence electrons. The Labute approximate surface area is 161 Å². The van der Waals surface area contributed by atoms with E-state index in [1.165, 1.54) is 6.07 Å². The largest absolute Gasteiger partial charge is 0.361 e. The summed E-state index contributed by atoms with van der Waals surface area (Å²) in [6, 6.07) is 14.3. The van der Waals surface area contributed by atoms with E-state index in [0.29, 0.717) is 24.2 Å². The van der Waals surface area contributed by atoms with Gasteiger partial charge in [-0.25, -0.2) is 4.39 Å². The van der Waals surface area contributed by atoms with Gasteiger partial charge in [0.05, 0.1) is 6.04 Å². The Morgan fingerprint density at radius 3 is 2.79 bits per heavy atom. The molecule has 0 radical (unpaired) electrons. The van der Waals surface area contributed by atoms with Gasteiger partial charge >= 0.3 is 0 Å². The van der Waals surface area contributed by atoms with Gasteiger partial charge in [0.15, 0.2) is 5.69 Å². The molecule has 5 nitrogen and oxygen atoms in total. The van der Waals surface area contributed by atoms with Crippen molar-refractivity contribution < 1.29 is 9.18 Å². The van der Waals surface area contributed by atoms with E-state index in [4.69, 9.17) is 0 Å². The average Bonchev–Trinajstić information content (AvgIpc) is 3.36. The Bertz CT molecular complexity index is 1190. The van der Waals surface area contributed by atoms with Gasteiger partial charge in [-0.05, 0) is 31.0 Å². The number of hydrogen-bond acceptors (Lipinski definition) is 2. The number of fused-ring (bicyclic) bond motifs is 2. The van der Waals surface area contributed by atoms with Gasteiger partial charge in [0.1, 0.15) is 5.82 Å². The summed E-state index contributed by atoms with van der Waals surface area (Å²) in [5.41, 5.74) is 4.67. The number of para-hydroxylation sites is 1. The van der Waals surface area contributed by atoms with Crippen molar-refractivity contribution in [3.8, 4) is 0 Å². The van der Waals surface area contributed by atoms with Crippen LogP contribution in [0.5, 0.6) is 0 Å². The summed E-state index contributed by atoms with van der Waals surface area (Å²) in [6.07, 6.45) is 2.65. The minimum absolute atomic E-state index is 0.160. The summed E-state index contributed by atoms with van der Waals surface area (Å²) in [5, 5.41) is 8.21.